The molecule has 3 aliphatic rings. The van der Waals surface area contributed by atoms with Gasteiger partial charge in [-0.1, -0.05) is 391 Å². The third kappa shape index (κ3) is 21.6. The van der Waals surface area contributed by atoms with Gasteiger partial charge in [0.2, 0.25) is 0 Å². The number of benzene rings is 8. The lowest BCUT2D eigenvalue weighted by molar-refractivity contribution is 1.35. The van der Waals surface area contributed by atoms with E-state index in [0.717, 1.165) is 24.0 Å². The van der Waals surface area contributed by atoms with Crippen LogP contribution in [0.3, 0.4) is 0 Å². The average Bonchev–Trinajstić information content (AvgIpc) is 4.43. The van der Waals surface area contributed by atoms with E-state index >= 15 is 0 Å². The Balaban J connectivity index is 0.000000566. The summed E-state index contributed by atoms with van der Waals surface area (Å²) in [5, 5.41) is 0. The van der Waals surface area contributed by atoms with Gasteiger partial charge in [0.15, 0.2) is 0 Å². The van der Waals surface area contributed by atoms with Gasteiger partial charge in [-0.3, -0.25) is 0 Å². The van der Waals surface area contributed by atoms with Gasteiger partial charge in [-0.25, -0.2) is 0 Å². The summed E-state index contributed by atoms with van der Waals surface area (Å²) < 4.78 is 0. The molecule has 0 nitrogen and oxygen atoms in total. The fourth-order valence-corrected chi connectivity index (χ4v) is 9.01. The SMILES string of the molecule is C1=C(c2ccccc2)CC(c2ccccc2)=C1.C=C1C(c2ccccc2)=C(c2ccccc2)C(c2ccccc2)=C1c1ccccc1.C=C1C=C(c2ccccc2)CC(c2ccccc2)=C1.CC.CC.CC.CC.CC.CC.CC.CC. The van der Waals surface area contributed by atoms with Crippen molar-refractivity contribution in [2.24, 2.45) is 0 Å². The maximum atomic E-state index is 4.61. The number of hydrogen-bond acceptors (Lipinski definition) is 0. The summed E-state index contributed by atoms with van der Waals surface area (Å²) in [4.78, 5) is 0. The van der Waals surface area contributed by atoms with E-state index in [-0.39, 0.29) is 0 Å². The number of rotatable bonds is 8. The second kappa shape index (κ2) is 44.4. The van der Waals surface area contributed by atoms with Crippen molar-refractivity contribution in [2.75, 3.05) is 0 Å². The molecule has 8 aromatic rings. The highest BCUT2D eigenvalue weighted by Crippen LogP contribution is 2.54. The summed E-state index contributed by atoms with van der Waals surface area (Å²) in [6, 6.07) is 84.9. The molecule has 0 saturated carbocycles. The van der Waals surface area contributed by atoms with Crippen molar-refractivity contribution < 1.29 is 0 Å². The summed E-state index contributed by atoms with van der Waals surface area (Å²) in [6.07, 6.45) is 10.8. The van der Waals surface area contributed by atoms with Crippen LogP contribution in [-0.4, -0.2) is 0 Å². The van der Waals surface area contributed by atoms with Gasteiger partial charge >= 0.3 is 0 Å². The van der Waals surface area contributed by atoms with E-state index in [9.17, 15) is 0 Å². The molecule has 0 amide bonds. The Morgan fingerprint density at radius 2 is 0.378 bits per heavy atom. The van der Waals surface area contributed by atoms with Crippen molar-refractivity contribution >= 4 is 44.6 Å². The van der Waals surface area contributed by atoms with E-state index in [0.29, 0.717) is 0 Å². The third-order valence-corrected chi connectivity index (χ3v) is 12.1. The van der Waals surface area contributed by atoms with Crippen LogP contribution in [0.5, 0.6) is 0 Å². The number of hydrogen-bond donors (Lipinski definition) is 0. The smallest absolute Gasteiger partial charge is 0.00135 e. The lowest BCUT2D eigenvalue weighted by Crippen LogP contribution is -1.95. The Hall–Kier alpha value is -8.32. The second-order valence-electron chi connectivity index (χ2n) is 16.6. The predicted molar refractivity (Wildman–Crippen MR) is 375 cm³/mol. The fraction of sp³-hybridized carbons (Fsp3) is 0.220. The maximum absolute atomic E-state index is 4.61. The lowest BCUT2D eigenvalue weighted by Gasteiger charge is -2.17. The molecule has 0 unspecified atom stereocenters. The molecule has 0 atom stereocenters. The van der Waals surface area contributed by atoms with Gasteiger partial charge in [0.1, 0.15) is 0 Å². The topological polar surface area (TPSA) is 0 Å². The molecule has 3 aliphatic carbocycles. The molecule has 0 saturated heterocycles. The van der Waals surface area contributed by atoms with Crippen molar-refractivity contribution in [1.29, 1.82) is 0 Å². The Morgan fingerprint density at radius 1 is 0.207 bits per heavy atom. The number of allylic oxidation sites excluding steroid dienone is 14. The molecule has 0 heterocycles. The van der Waals surface area contributed by atoms with Gasteiger partial charge in [-0.05, 0) is 113 Å². The highest BCUT2D eigenvalue weighted by Gasteiger charge is 2.31. The van der Waals surface area contributed by atoms with Crippen molar-refractivity contribution in [3.8, 4) is 0 Å². The first kappa shape index (κ1) is 71.7. The van der Waals surface area contributed by atoms with Crippen molar-refractivity contribution in [3.05, 3.63) is 336 Å². The molecule has 0 bridgehead atoms. The Kier molecular flexibility index (Phi) is 38.8. The summed E-state index contributed by atoms with van der Waals surface area (Å²) in [5.74, 6) is 0. The van der Waals surface area contributed by atoms with Crippen LogP contribution in [0.4, 0.5) is 0 Å². The van der Waals surface area contributed by atoms with Crippen LogP contribution in [0.2, 0.25) is 0 Å². The lowest BCUT2D eigenvalue weighted by atomic mass is 9.88. The Morgan fingerprint density at radius 3 is 0.598 bits per heavy atom. The fourth-order valence-electron chi connectivity index (χ4n) is 9.01. The third-order valence-electron chi connectivity index (χ3n) is 12.1. The van der Waals surface area contributed by atoms with Gasteiger partial charge in [-0.2, -0.15) is 0 Å². The summed E-state index contributed by atoms with van der Waals surface area (Å²) in [5.41, 5.74) is 22.6. The first-order valence-electron chi connectivity index (χ1n) is 30.7. The second-order valence-corrected chi connectivity index (χ2v) is 16.6. The Labute approximate surface area is 501 Å². The first-order chi connectivity index (χ1) is 40.6. The maximum Gasteiger partial charge on any atom is -0.00135 e. The average molecular weight is 1090 g/mol. The van der Waals surface area contributed by atoms with Crippen molar-refractivity contribution in [2.45, 2.75) is 124 Å². The molecule has 0 fully saturated rings. The van der Waals surface area contributed by atoms with E-state index in [1.54, 1.807) is 0 Å². The molecule has 428 valence electrons. The highest BCUT2D eigenvalue weighted by molar-refractivity contribution is 6.34. The molecular weight excluding hydrogens is 985 g/mol. The standard InChI is InChI=1S/C30H22.C19H16.C17H14.8C2H6/c1-22-27(23-14-6-2-7-15-23)29(25-18-10-4-11-19-25)30(26-20-12-5-13-21-26)28(22)24-16-8-3-9-17-24;1-15-12-18(16-8-4-2-5-9-16)14-19(13-15)17-10-6-3-7-11-17;1-3-7-14(8-4-1)16-11-12-17(13-16)15-9-5-2-6-10-15;8*1-2/h2-21H,1H2;2-13H,1,14H2;1-12H,13H2;8*1-2H3. The van der Waals surface area contributed by atoms with E-state index in [2.05, 4.69) is 280 Å². The zero-order valence-electron chi connectivity index (χ0n) is 53.2. The van der Waals surface area contributed by atoms with E-state index < -0.39 is 0 Å². The molecular formula is C82H100. The molecule has 8 aromatic carbocycles. The van der Waals surface area contributed by atoms with Crippen molar-refractivity contribution in [3.63, 3.8) is 0 Å². The normalized spacial score (nSPS) is 12.0. The largest absolute Gasteiger partial charge is 0.0917 e. The van der Waals surface area contributed by atoms with E-state index in [1.807, 2.05) is 111 Å². The van der Waals surface area contributed by atoms with Crippen LogP contribution < -0.4 is 0 Å². The molecule has 0 N–H and O–H groups in total. The minimum atomic E-state index is 0.965. The van der Waals surface area contributed by atoms with Gasteiger partial charge < -0.3 is 0 Å². The van der Waals surface area contributed by atoms with E-state index in [4.69, 9.17) is 0 Å². The molecule has 0 aromatic heterocycles. The van der Waals surface area contributed by atoms with E-state index in [1.165, 1.54) is 89.1 Å². The van der Waals surface area contributed by atoms with Gasteiger partial charge in [0, 0.05) is 0 Å². The van der Waals surface area contributed by atoms with Crippen LogP contribution in [0.15, 0.2) is 291 Å². The van der Waals surface area contributed by atoms with Crippen LogP contribution in [0, 0.1) is 0 Å². The minimum absolute atomic E-state index is 0.965. The van der Waals surface area contributed by atoms with Crippen LogP contribution in [0.1, 0.15) is 168 Å². The van der Waals surface area contributed by atoms with Crippen molar-refractivity contribution in [1.82, 2.24) is 0 Å². The minimum Gasteiger partial charge on any atom is -0.0917 e. The van der Waals surface area contributed by atoms with Gasteiger partial charge in [-0.15, -0.1) is 0 Å². The monoisotopic (exact) mass is 1080 g/mol. The predicted octanol–water partition coefficient (Wildman–Crippen LogP) is 25.7. The van der Waals surface area contributed by atoms with Gasteiger partial charge in [0.05, 0.1) is 0 Å². The van der Waals surface area contributed by atoms with Gasteiger partial charge in [0.25, 0.3) is 0 Å². The molecule has 0 aliphatic heterocycles. The molecule has 82 heavy (non-hydrogen) atoms. The van der Waals surface area contributed by atoms with Crippen LogP contribution in [0.25, 0.3) is 44.6 Å². The Bertz CT molecular complexity index is 2900. The zero-order valence-corrected chi connectivity index (χ0v) is 53.2. The first-order valence-corrected chi connectivity index (χ1v) is 30.7. The summed E-state index contributed by atoms with van der Waals surface area (Å²) in [6.45, 7) is 40.7. The molecule has 0 spiro atoms. The molecule has 11 rings (SSSR count). The highest BCUT2D eigenvalue weighted by atomic mass is 14.3. The zero-order chi connectivity index (χ0) is 60.9. The summed E-state index contributed by atoms with van der Waals surface area (Å²) in [7, 11) is 0. The molecule has 0 radical (unpaired) electrons. The quantitative estimate of drug-likeness (QED) is 0.142. The molecule has 0 heteroatoms. The summed E-state index contributed by atoms with van der Waals surface area (Å²) >= 11 is 0. The van der Waals surface area contributed by atoms with Crippen LogP contribution in [-0.2, 0) is 0 Å². The van der Waals surface area contributed by atoms with Crippen LogP contribution >= 0.6 is 0 Å².